The fourth-order valence-electron chi connectivity index (χ4n) is 5.02. The van der Waals surface area contributed by atoms with Crippen LogP contribution in [0.15, 0.2) is 78.9 Å². The molecule has 0 saturated carbocycles. The smallest absolute Gasteiger partial charge is 0.240 e. The van der Waals surface area contributed by atoms with E-state index in [1.807, 2.05) is 41.3 Å². The van der Waals surface area contributed by atoms with Gasteiger partial charge in [0.25, 0.3) is 0 Å². The number of nitrogen functional groups attached to an aromatic ring is 1. The number of carbonyl (C=O) groups is 1. The number of ether oxygens (including phenoxy) is 1. The summed E-state index contributed by atoms with van der Waals surface area (Å²) in [6.45, 7) is 2.78. The van der Waals surface area contributed by atoms with Crippen molar-refractivity contribution in [2.24, 2.45) is 5.73 Å². The molecule has 2 atom stereocenters. The summed E-state index contributed by atoms with van der Waals surface area (Å²) in [4.78, 5) is 18.0. The molecule has 6 nitrogen and oxygen atoms in total. The standard InChI is InChI=1S/C28H30N4O2/c29-27(30)22-11-6-12-24(15-22)34-25-16-26(32(19-25)17-20-7-2-1-3-8-20)28(33)31-14-13-21-9-4-5-10-23(21)18-31/h1-12,15,25-26H,13-14,16-19H2,(H3,29,30). The van der Waals surface area contributed by atoms with Gasteiger partial charge in [-0.25, -0.2) is 0 Å². The van der Waals surface area contributed by atoms with E-state index in [9.17, 15) is 4.79 Å². The van der Waals surface area contributed by atoms with Crippen molar-refractivity contribution in [2.75, 3.05) is 13.1 Å². The first-order chi connectivity index (χ1) is 16.6. The number of hydrogen-bond donors (Lipinski definition) is 2. The predicted octanol–water partition coefficient (Wildman–Crippen LogP) is 3.58. The van der Waals surface area contributed by atoms with Gasteiger partial charge < -0.3 is 15.4 Å². The Balaban J connectivity index is 1.34. The first-order valence-electron chi connectivity index (χ1n) is 11.8. The quantitative estimate of drug-likeness (QED) is 0.441. The second kappa shape index (κ2) is 9.69. The molecule has 1 saturated heterocycles. The number of likely N-dealkylation sites (tertiary alicyclic amines) is 1. The van der Waals surface area contributed by atoms with Gasteiger partial charge in [-0.15, -0.1) is 0 Å². The second-order valence-corrected chi connectivity index (χ2v) is 9.13. The number of carbonyl (C=O) groups excluding carboxylic acids is 1. The van der Waals surface area contributed by atoms with Gasteiger partial charge in [-0.2, -0.15) is 0 Å². The van der Waals surface area contributed by atoms with E-state index in [1.165, 1.54) is 16.7 Å². The Kier molecular flexibility index (Phi) is 6.32. The second-order valence-electron chi connectivity index (χ2n) is 9.13. The van der Waals surface area contributed by atoms with Crippen LogP contribution in [-0.4, -0.2) is 46.8 Å². The molecule has 3 aromatic rings. The summed E-state index contributed by atoms with van der Waals surface area (Å²) >= 11 is 0. The zero-order valence-corrected chi connectivity index (χ0v) is 19.2. The van der Waals surface area contributed by atoms with Crippen molar-refractivity contribution < 1.29 is 9.53 Å². The van der Waals surface area contributed by atoms with Crippen LogP contribution in [0.2, 0.25) is 0 Å². The minimum Gasteiger partial charge on any atom is -0.489 e. The fraction of sp³-hybridized carbons (Fsp3) is 0.286. The number of fused-ring (bicyclic) bond motifs is 1. The van der Waals surface area contributed by atoms with E-state index in [-0.39, 0.29) is 23.9 Å². The Morgan fingerprint density at radius 3 is 2.56 bits per heavy atom. The van der Waals surface area contributed by atoms with Gasteiger partial charge in [0.15, 0.2) is 0 Å². The molecule has 0 bridgehead atoms. The molecule has 174 valence electrons. The van der Waals surface area contributed by atoms with Gasteiger partial charge in [0.05, 0.1) is 6.04 Å². The summed E-state index contributed by atoms with van der Waals surface area (Å²) in [5.74, 6) is 0.868. The third kappa shape index (κ3) is 4.82. The van der Waals surface area contributed by atoms with Crippen LogP contribution in [0.1, 0.15) is 28.7 Å². The van der Waals surface area contributed by atoms with Crippen molar-refractivity contribution in [2.45, 2.75) is 38.1 Å². The lowest BCUT2D eigenvalue weighted by Crippen LogP contribution is -2.47. The van der Waals surface area contributed by atoms with Crippen LogP contribution >= 0.6 is 0 Å². The topological polar surface area (TPSA) is 82.7 Å². The number of rotatable bonds is 6. The average molecular weight is 455 g/mol. The molecule has 34 heavy (non-hydrogen) atoms. The van der Waals surface area contributed by atoms with Gasteiger partial charge in [-0.05, 0) is 35.2 Å². The van der Waals surface area contributed by atoms with E-state index in [1.54, 1.807) is 12.1 Å². The normalized spacial score (nSPS) is 20.1. The highest BCUT2D eigenvalue weighted by Crippen LogP contribution is 2.28. The lowest BCUT2D eigenvalue weighted by molar-refractivity contribution is -0.137. The van der Waals surface area contributed by atoms with Gasteiger partial charge in [0, 0.05) is 38.2 Å². The molecule has 1 fully saturated rings. The van der Waals surface area contributed by atoms with E-state index in [2.05, 4.69) is 35.2 Å². The Morgan fingerprint density at radius 1 is 1.00 bits per heavy atom. The molecule has 1 amide bonds. The largest absolute Gasteiger partial charge is 0.489 e. The number of benzene rings is 3. The first kappa shape index (κ1) is 22.2. The molecule has 3 aromatic carbocycles. The van der Waals surface area contributed by atoms with E-state index in [4.69, 9.17) is 15.9 Å². The van der Waals surface area contributed by atoms with Crippen molar-refractivity contribution in [3.63, 3.8) is 0 Å². The number of nitrogens with zero attached hydrogens (tertiary/aromatic N) is 2. The average Bonchev–Trinajstić information content (AvgIpc) is 3.25. The van der Waals surface area contributed by atoms with Crippen molar-refractivity contribution >= 4 is 11.7 Å². The minimum atomic E-state index is -0.230. The molecular formula is C28H30N4O2. The molecule has 0 aromatic heterocycles. The summed E-state index contributed by atoms with van der Waals surface area (Å²) in [7, 11) is 0. The Morgan fingerprint density at radius 2 is 1.76 bits per heavy atom. The maximum absolute atomic E-state index is 13.7. The van der Waals surface area contributed by atoms with E-state index in [0.29, 0.717) is 37.4 Å². The molecule has 2 unspecified atom stereocenters. The molecule has 5 rings (SSSR count). The third-order valence-electron chi connectivity index (χ3n) is 6.77. The van der Waals surface area contributed by atoms with Crippen LogP contribution in [0.3, 0.4) is 0 Å². The monoisotopic (exact) mass is 454 g/mol. The van der Waals surface area contributed by atoms with E-state index in [0.717, 1.165) is 13.0 Å². The summed E-state index contributed by atoms with van der Waals surface area (Å²) in [6, 6.07) is 25.8. The Bertz CT molecular complexity index is 1180. The molecule has 2 aliphatic heterocycles. The highest BCUT2D eigenvalue weighted by molar-refractivity contribution is 5.95. The highest BCUT2D eigenvalue weighted by atomic mass is 16.5. The highest BCUT2D eigenvalue weighted by Gasteiger charge is 2.40. The number of amidine groups is 1. The predicted molar refractivity (Wildman–Crippen MR) is 133 cm³/mol. The van der Waals surface area contributed by atoms with Crippen LogP contribution in [-0.2, 0) is 24.3 Å². The Labute approximate surface area is 200 Å². The number of nitrogens with one attached hydrogen (secondary N) is 1. The Hall–Kier alpha value is -3.64. The number of amides is 1. The van der Waals surface area contributed by atoms with Crippen molar-refractivity contribution in [1.82, 2.24) is 9.80 Å². The van der Waals surface area contributed by atoms with Crippen molar-refractivity contribution in [3.8, 4) is 5.75 Å². The molecule has 2 heterocycles. The molecule has 3 N–H and O–H groups in total. The summed E-state index contributed by atoms with van der Waals surface area (Å²) in [6.07, 6.45) is 1.41. The van der Waals surface area contributed by atoms with Crippen molar-refractivity contribution in [3.05, 3.63) is 101 Å². The summed E-state index contributed by atoms with van der Waals surface area (Å²) in [5.41, 5.74) is 10.0. The number of hydrogen-bond acceptors (Lipinski definition) is 4. The number of nitrogens with two attached hydrogens (primary N) is 1. The van der Waals surface area contributed by atoms with Gasteiger partial charge in [-0.3, -0.25) is 15.1 Å². The van der Waals surface area contributed by atoms with E-state index < -0.39 is 0 Å². The molecule has 0 spiro atoms. The van der Waals surface area contributed by atoms with Gasteiger partial charge in [0.1, 0.15) is 17.7 Å². The lowest BCUT2D eigenvalue weighted by atomic mass is 9.99. The van der Waals surface area contributed by atoms with Gasteiger partial charge in [0.2, 0.25) is 5.91 Å². The zero-order chi connectivity index (χ0) is 23.5. The van der Waals surface area contributed by atoms with Crippen LogP contribution in [0.5, 0.6) is 5.75 Å². The summed E-state index contributed by atoms with van der Waals surface area (Å²) < 4.78 is 6.29. The third-order valence-corrected chi connectivity index (χ3v) is 6.77. The van der Waals surface area contributed by atoms with Gasteiger partial charge >= 0.3 is 0 Å². The van der Waals surface area contributed by atoms with Crippen LogP contribution < -0.4 is 10.5 Å². The fourth-order valence-corrected chi connectivity index (χ4v) is 5.02. The van der Waals surface area contributed by atoms with Gasteiger partial charge in [-0.1, -0.05) is 66.7 Å². The van der Waals surface area contributed by atoms with E-state index >= 15 is 0 Å². The SMILES string of the molecule is N=C(N)c1cccc(OC2CC(C(=O)N3CCc4ccccc4C3)N(Cc3ccccc3)C2)c1. The maximum atomic E-state index is 13.7. The molecule has 6 heteroatoms. The molecule has 2 aliphatic rings. The zero-order valence-electron chi connectivity index (χ0n) is 19.2. The summed E-state index contributed by atoms with van der Waals surface area (Å²) in [5, 5.41) is 7.69. The minimum absolute atomic E-state index is 0.0148. The first-order valence-corrected chi connectivity index (χ1v) is 11.8. The van der Waals surface area contributed by atoms with Crippen LogP contribution in [0, 0.1) is 5.41 Å². The van der Waals surface area contributed by atoms with Crippen LogP contribution in [0.4, 0.5) is 0 Å². The van der Waals surface area contributed by atoms with Crippen molar-refractivity contribution in [1.29, 1.82) is 5.41 Å². The lowest BCUT2D eigenvalue weighted by Gasteiger charge is -2.33. The van der Waals surface area contributed by atoms with Crippen LogP contribution in [0.25, 0.3) is 0 Å². The maximum Gasteiger partial charge on any atom is 0.240 e. The molecule has 0 aliphatic carbocycles. The molecular weight excluding hydrogens is 424 g/mol. The molecule has 0 radical (unpaired) electrons.